The van der Waals surface area contributed by atoms with E-state index in [4.69, 9.17) is 0 Å². The Morgan fingerprint density at radius 1 is 1.75 bits per heavy atom. The molecule has 0 aromatic carbocycles. The molecule has 0 amide bonds. The predicted molar refractivity (Wildman–Crippen MR) is 53.9 cm³/mol. The third-order valence-corrected chi connectivity index (χ3v) is 4.28. The van der Waals surface area contributed by atoms with E-state index in [1.54, 1.807) is 11.3 Å². The highest BCUT2D eigenvalue weighted by molar-refractivity contribution is 8.01. The van der Waals surface area contributed by atoms with E-state index >= 15 is 0 Å². The summed E-state index contributed by atoms with van der Waals surface area (Å²) in [6.07, 6.45) is 0. The molecule has 0 spiro atoms. The lowest BCUT2D eigenvalue weighted by Gasteiger charge is -2.25. The van der Waals surface area contributed by atoms with E-state index in [1.807, 2.05) is 18.7 Å². The highest BCUT2D eigenvalue weighted by Gasteiger charge is 2.16. The zero-order valence-electron chi connectivity index (χ0n) is 7.04. The highest BCUT2D eigenvalue weighted by atomic mass is 32.2. The average molecular weight is 200 g/mol. The van der Waals surface area contributed by atoms with E-state index in [0.29, 0.717) is 0 Å². The maximum absolute atomic E-state index is 4.40. The summed E-state index contributed by atoms with van der Waals surface area (Å²) in [5.74, 6) is 2.10. The smallest absolute Gasteiger partial charge is 0.150 e. The normalized spacial score (nSPS) is 17.8. The number of rotatable bonds is 3. The molecule has 1 aromatic rings. The zero-order chi connectivity index (χ0) is 8.39. The Kier molecular flexibility index (Phi) is 2.68. The molecule has 0 saturated carbocycles. The summed E-state index contributed by atoms with van der Waals surface area (Å²) >= 11 is 3.65. The van der Waals surface area contributed by atoms with Gasteiger partial charge in [0.15, 0.2) is 0 Å². The molecular formula is C8H12N2S2. The summed E-state index contributed by atoms with van der Waals surface area (Å²) in [6, 6.07) is 0. The van der Waals surface area contributed by atoms with Crippen LogP contribution in [0.4, 0.5) is 0 Å². The monoisotopic (exact) mass is 200 g/mol. The zero-order valence-corrected chi connectivity index (χ0v) is 8.67. The largest absolute Gasteiger partial charge is 0.316 e. The standard InChI is InChI=1S/C8H12N2S2/c1-6-4-11-8(10-6)12-5-7-2-9-3-7/h4,7,9H,2-3,5H2,1H3. The van der Waals surface area contributed by atoms with Crippen molar-refractivity contribution in [3.63, 3.8) is 0 Å². The van der Waals surface area contributed by atoms with Gasteiger partial charge < -0.3 is 5.32 Å². The summed E-state index contributed by atoms with van der Waals surface area (Å²) < 4.78 is 1.22. The third kappa shape index (κ3) is 2.00. The van der Waals surface area contributed by atoms with Crippen LogP contribution >= 0.6 is 23.1 Å². The number of nitrogens with one attached hydrogen (secondary N) is 1. The Hall–Kier alpha value is -0.0600. The van der Waals surface area contributed by atoms with Crippen molar-refractivity contribution in [2.75, 3.05) is 18.8 Å². The lowest BCUT2D eigenvalue weighted by Crippen LogP contribution is -2.43. The molecule has 2 rings (SSSR count). The molecule has 0 aliphatic carbocycles. The van der Waals surface area contributed by atoms with Crippen LogP contribution in [-0.4, -0.2) is 23.8 Å². The van der Waals surface area contributed by atoms with E-state index in [1.165, 1.54) is 23.2 Å². The minimum Gasteiger partial charge on any atom is -0.316 e. The van der Waals surface area contributed by atoms with Crippen LogP contribution in [0.2, 0.25) is 0 Å². The molecule has 1 N–H and O–H groups in total. The van der Waals surface area contributed by atoms with E-state index in [0.717, 1.165) is 11.6 Å². The summed E-state index contributed by atoms with van der Waals surface area (Å²) in [5.41, 5.74) is 1.15. The van der Waals surface area contributed by atoms with Gasteiger partial charge >= 0.3 is 0 Å². The second-order valence-corrected chi connectivity index (χ2v) is 5.22. The molecule has 1 fully saturated rings. The van der Waals surface area contributed by atoms with Crippen LogP contribution in [-0.2, 0) is 0 Å². The number of hydrogen-bond donors (Lipinski definition) is 1. The fourth-order valence-corrected chi connectivity index (χ4v) is 3.02. The molecule has 0 bridgehead atoms. The molecule has 12 heavy (non-hydrogen) atoms. The Labute approximate surface area is 80.8 Å². The molecule has 4 heteroatoms. The number of aromatic nitrogens is 1. The van der Waals surface area contributed by atoms with Gasteiger partial charge in [0, 0.05) is 16.8 Å². The van der Waals surface area contributed by atoms with Gasteiger partial charge in [-0.25, -0.2) is 4.98 Å². The topological polar surface area (TPSA) is 24.9 Å². The first kappa shape index (κ1) is 8.53. The highest BCUT2D eigenvalue weighted by Crippen LogP contribution is 2.25. The molecule has 1 saturated heterocycles. The van der Waals surface area contributed by atoms with Crippen molar-refractivity contribution in [2.24, 2.45) is 5.92 Å². The van der Waals surface area contributed by atoms with E-state index < -0.39 is 0 Å². The quantitative estimate of drug-likeness (QED) is 0.753. The van der Waals surface area contributed by atoms with Crippen LogP contribution in [0.3, 0.4) is 0 Å². The maximum atomic E-state index is 4.40. The number of hydrogen-bond acceptors (Lipinski definition) is 4. The van der Waals surface area contributed by atoms with Gasteiger partial charge in [0.25, 0.3) is 0 Å². The second-order valence-electron chi connectivity index (χ2n) is 3.09. The van der Waals surface area contributed by atoms with Crippen molar-refractivity contribution >= 4 is 23.1 Å². The Bertz CT molecular complexity index is 255. The molecule has 0 unspecified atom stereocenters. The summed E-state index contributed by atoms with van der Waals surface area (Å²) in [6.45, 7) is 4.43. The van der Waals surface area contributed by atoms with Gasteiger partial charge in [-0.05, 0) is 25.9 Å². The van der Waals surface area contributed by atoms with Crippen LogP contribution in [0.5, 0.6) is 0 Å². The first-order chi connectivity index (χ1) is 5.84. The lowest BCUT2D eigenvalue weighted by atomic mass is 10.1. The minimum atomic E-state index is 0.874. The fourth-order valence-electron chi connectivity index (χ4n) is 1.05. The second kappa shape index (κ2) is 3.77. The van der Waals surface area contributed by atoms with E-state index in [-0.39, 0.29) is 0 Å². The lowest BCUT2D eigenvalue weighted by molar-refractivity contribution is 0.385. The molecule has 1 aliphatic heterocycles. The average Bonchev–Trinajstić information content (AvgIpc) is 2.32. The first-order valence-electron chi connectivity index (χ1n) is 4.10. The molecular weight excluding hydrogens is 188 g/mol. The minimum absolute atomic E-state index is 0.874. The molecule has 66 valence electrons. The van der Waals surface area contributed by atoms with Crippen molar-refractivity contribution in [2.45, 2.75) is 11.3 Å². The Morgan fingerprint density at radius 2 is 2.58 bits per heavy atom. The van der Waals surface area contributed by atoms with Gasteiger partial charge in [-0.2, -0.15) is 0 Å². The van der Waals surface area contributed by atoms with Crippen molar-refractivity contribution in [3.8, 4) is 0 Å². The van der Waals surface area contributed by atoms with Gasteiger partial charge in [0.1, 0.15) is 4.34 Å². The van der Waals surface area contributed by atoms with Crippen LogP contribution < -0.4 is 5.32 Å². The number of thioether (sulfide) groups is 1. The van der Waals surface area contributed by atoms with Gasteiger partial charge in [0.2, 0.25) is 0 Å². The van der Waals surface area contributed by atoms with Gasteiger partial charge in [-0.3, -0.25) is 0 Å². The maximum Gasteiger partial charge on any atom is 0.150 e. The van der Waals surface area contributed by atoms with Crippen molar-refractivity contribution in [1.82, 2.24) is 10.3 Å². The van der Waals surface area contributed by atoms with Crippen molar-refractivity contribution in [3.05, 3.63) is 11.1 Å². The summed E-state index contributed by atoms with van der Waals surface area (Å²) in [5, 5.41) is 5.38. The number of nitrogens with zero attached hydrogens (tertiary/aromatic N) is 1. The third-order valence-electron chi connectivity index (χ3n) is 1.91. The Morgan fingerprint density at radius 3 is 3.08 bits per heavy atom. The SMILES string of the molecule is Cc1csc(SCC2CNC2)n1. The molecule has 2 heterocycles. The van der Waals surface area contributed by atoms with E-state index in [2.05, 4.69) is 15.7 Å². The van der Waals surface area contributed by atoms with Crippen LogP contribution in [0.1, 0.15) is 5.69 Å². The van der Waals surface area contributed by atoms with E-state index in [9.17, 15) is 0 Å². The van der Waals surface area contributed by atoms with Crippen molar-refractivity contribution in [1.29, 1.82) is 0 Å². The molecule has 0 radical (unpaired) electrons. The Balaban J connectivity index is 1.79. The number of aryl methyl sites for hydroxylation is 1. The molecule has 2 nitrogen and oxygen atoms in total. The first-order valence-corrected chi connectivity index (χ1v) is 5.97. The van der Waals surface area contributed by atoms with Gasteiger partial charge in [-0.1, -0.05) is 11.8 Å². The summed E-state index contributed by atoms with van der Waals surface area (Å²) in [4.78, 5) is 4.40. The molecule has 0 atom stereocenters. The van der Waals surface area contributed by atoms with Crippen LogP contribution in [0.15, 0.2) is 9.72 Å². The molecule has 1 aromatic heterocycles. The van der Waals surface area contributed by atoms with Gasteiger partial charge in [-0.15, -0.1) is 11.3 Å². The van der Waals surface area contributed by atoms with Gasteiger partial charge in [0.05, 0.1) is 0 Å². The predicted octanol–water partition coefficient (Wildman–Crippen LogP) is 1.76. The molecule has 1 aliphatic rings. The van der Waals surface area contributed by atoms with Crippen LogP contribution in [0, 0.1) is 12.8 Å². The van der Waals surface area contributed by atoms with Crippen molar-refractivity contribution < 1.29 is 0 Å². The van der Waals surface area contributed by atoms with Crippen LogP contribution in [0.25, 0.3) is 0 Å². The fraction of sp³-hybridized carbons (Fsp3) is 0.625. The number of thiazole rings is 1. The summed E-state index contributed by atoms with van der Waals surface area (Å²) in [7, 11) is 0.